The van der Waals surface area contributed by atoms with Gasteiger partial charge in [0.1, 0.15) is 5.60 Å². The van der Waals surface area contributed by atoms with Crippen LogP contribution < -0.4 is 0 Å². The first-order chi connectivity index (χ1) is 10.6. The van der Waals surface area contributed by atoms with Crippen LogP contribution >= 0.6 is 22.6 Å². The molecule has 0 bridgehead atoms. The molecule has 0 aliphatic carbocycles. The molecule has 114 valence electrons. The average Bonchev–Trinajstić information content (AvgIpc) is 2.86. The van der Waals surface area contributed by atoms with Gasteiger partial charge in [-0.05, 0) is 60.2 Å². The highest BCUT2D eigenvalue weighted by Crippen LogP contribution is 2.38. The monoisotopic (exact) mass is 405 g/mol. The molecule has 3 heteroatoms. The lowest BCUT2D eigenvalue weighted by atomic mass is 9.87. The van der Waals surface area contributed by atoms with Crippen molar-refractivity contribution in [2.45, 2.75) is 19.4 Å². The molecule has 3 aromatic rings. The molecule has 2 aromatic carbocycles. The lowest BCUT2D eigenvalue weighted by molar-refractivity contribution is 0.00504. The van der Waals surface area contributed by atoms with Crippen LogP contribution in [0.5, 0.6) is 0 Å². The third-order valence-electron chi connectivity index (χ3n) is 4.24. The van der Waals surface area contributed by atoms with Crippen LogP contribution in [-0.2, 0) is 17.4 Å². The molecule has 0 amide bonds. The highest BCUT2D eigenvalue weighted by molar-refractivity contribution is 14.1. The second kappa shape index (κ2) is 6.05. The molecule has 0 saturated heterocycles. The van der Waals surface area contributed by atoms with E-state index in [2.05, 4.69) is 103 Å². The van der Waals surface area contributed by atoms with E-state index in [1.807, 2.05) is 0 Å². The molecule has 0 radical (unpaired) electrons. The van der Waals surface area contributed by atoms with Gasteiger partial charge < -0.3 is 9.30 Å². The molecule has 1 atom stereocenters. The third-order valence-corrected chi connectivity index (χ3v) is 4.96. The number of para-hydroxylation sites is 1. The summed E-state index contributed by atoms with van der Waals surface area (Å²) in [4.78, 5) is 0. The van der Waals surface area contributed by atoms with Crippen LogP contribution in [0.15, 0.2) is 54.7 Å². The molecule has 3 rings (SSSR count). The zero-order valence-corrected chi connectivity index (χ0v) is 15.3. The Bertz CT molecular complexity index is 791. The van der Waals surface area contributed by atoms with E-state index in [1.165, 1.54) is 25.6 Å². The minimum Gasteiger partial charge on any atom is -0.366 e. The molecule has 0 spiro atoms. The summed E-state index contributed by atoms with van der Waals surface area (Å²) >= 11 is 2.33. The van der Waals surface area contributed by atoms with Crippen LogP contribution in [-0.4, -0.2) is 11.2 Å². The minimum absolute atomic E-state index is 0.444. The normalized spacial score (nSPS) is 14.2. The summed E-state index contributed by atoms with van der Waals surface area (Å²) < 4.78 is 9.66. The molecule has 0 N–H and O–H groups in total. The van der Waals surface area contributed by atoms with Gasteiger partial charge in [-0.3, -0.25) is 0 Å². The van der Waals surface area contributed by atoms with E-state index in [-0.39, 0.29) is 0 Å². The molecule has 1 aromatic heterocycles. The average molecular weight is 405 g/mol. The first kappa shape index (κ1) is 15.6. The van der Waals surface area contributed by atoms with E-state index >= 15 is 0 Å². The first-order valence-electron chi connectivity index (χ1n) is 7.51. The summed E-state index contributed by atoms with van der Waals surface area (Å²) in [7, 11) is 2.09. The van der Waals surface area contributed by atoms with E-state index in [0.29, 0.717) is 6.61 Å². The predicted molar refractivity (Wildman–Crippen MR) is 100 cm³/mol. The smallest absolute Gasteiger partial charge is 0.117 e. The molecule has 0 saturated carbocycles. The zero-order chi connectivity index (χ0) is 15.7. The van der Waals surface area contributed by atoms with E-state index in [1.54, 1.807) is 0 Å². The van der Waals surface area contributed by atoms with Crippen LogP contribution in [0, 0.1) is 3.57 Å². The first-order valence-corrected chi connectivity index (χ1v) is 8.58. The Morgan fingerprint density at radius 3 is 2.45 bits per heavy atom. The van der Waals surface area contributed by atoms with Gasteiger partial charge in [-0.1, -0.05) is 30.3 Å². The summed E-state index contributed by atoms with van der Waals surface area (Å²) in [6.07, 6.45) is 2.19. The molecular formula is C19H20INO. The number of hydrogen-bond donors (Lipinski definition) is 0. The van der Waals surface area contributed by atoms with Crippen molar-refractivity contribution in [3.63, 3.8) is 0 Å². The third kappa shape index (κ3) is 2.57. The van der Waals surface area contributed by atoms with Crippen molar-refractivity contribution < 1.29 is 4.74 Å². The van der Waals surface area contributed by atoms with Crippen molar-refractivity contribution in [3.05, 3.63) is 69.4 Å². The highest BCUT2D eigenvalue weighted by atomic mass is 127. The summed E-state index contributed by atoms with van der Waals surface area (Å²) in [5, 5.41) is 1.25. The van der Waals surface area contributed by atoms with Gasteiger partial charge in [-0.25, -0.2) is 0 Å². The number of nitrogens with zero attached hydrogens (tertiary/aromatic N) is 1. The van der Waals surface area contributed by atoms with Crippen LogP contribution in [0.3, 0.4) is 0 Å². The Morgan fingerprint density at radius 2 is 1.77 bits per heavy atom. The van der Waals surface area contributed by atoms with Gasteiger partial charge in [0.25, 0.3) is 0 Å². The van der Waals surface area contributed by atoms with Crippen molar-refractivity contribution >= 4 is 33.5 Å². The summed E-state index contributed by atoms with van der Waals surface area (Å²) in [6, 6.07) is 17.1. The standard InChI is InChI=1S/C19H20INO/c1-4-22-19(2,14-9-11-15(20)12-10-14)17-13-21(3)18-8-6-5-7-16(17)18/h5-13H,4H2,1-3H3. The molecular weight excluding hydrogens is 385 g/mol. The molecule has 22 heavy (non-hydrogen) atoms. The Labute approximate surface area is 145 Å². The van der Waals surface area contributed by atoms with Gasteiger partial charge in [0.2, 0.25) is 0 Å². The van der Waals surface area contributed by atoms with Crippen molar-refractivity contribution in [2.24, 2.45) is 7.05 Å². The second-order valence-electron chi connectivity index (χ2n) is 5.64. The lowest BCUT2D eigenvalue weighted by Crippen LogP contribution is -2.27. The zero-order valence-electron chi connectivity index (χ0n) is 13.1. The summed E-state index contributed by atoms with van der Waals surface area (Å²) in [5.41, 5.74) is 3.19. The number of aromatic nitrogens is 1. The maximum Gasteiger partial charge on any atom is 0.117 e. The quantitative estimate of drug-likeness (QED) is 0.552. The number of rotatable bonds is 4. The molecule has 1 unspecified atom stereocenters. The van der Waals surface area contributed by atoms with Crippen molar-refractivity contribution in [3.8, 4) is 0 Å². The van der Waals surface area contributed by atoms with E-state index in [4.69, 9.17) is 4.74 Å². The maximum absolute atomic E-state index is 6.25. The van der Waals surface area contributed by atoms with Crippen molar-refractivity contribution in [2.75, 3.05) is 6.61 Å². The SMILES string of the molecule is CCOC(C)(c1ccc(I)cc1)c1cn(C)c2ccccc12. The van der Waals surface area contributed by atoms with E-state index in [9.17, 15) is 0 Å². The Morgan fingerprint density at radius 1 is 1.09 bits per heavy atom. The Kier molecular flexibility index (Phi) is 4.28. The molecule has 1 heterocycles. The number of hydrogen-bond acceptors (Lipinski definition) is 1. The number of ether oxygens (including phenoxy) is 1. The molecule has 0 fully saturated rings. The fraction of sp³-hybridized carbons (Fsp3) is 0.263. The Hall–Kier alpha value is -1.33. The lowest BCUT2D eigenvalue weighted by Gasteiger charge is -2.30. The number of benzene rings is 2. The van der Waals surface area contributed by atoms with Gasteiger partial charge in [0.05, 0.1) is 0 Å². The van der Waals surface area contributed by atoms with Crippen LogP contribution in [0.2, 0.25) is 0 Å². The highest BCUT2D eigenvalue weighted by Gasteiger charge is 2.32. The van der Waals surface area contributed by atoms with Crippen LogP contribution in [0.1, 0.15) is 25.0 Å². The van der Waals surface area contributed by atoms with Crippen molar-refractivity contribution in [1.29, 1.82) is 0 Å². The van der Waals surface area contributed by atoms with Crippen LogP contribution in [0.25, 0.3) is 10.9 Å². The van der Waals surface area contributed by atoms with Gasteiger partial charge in [-0.2, -0.15) is 0 Å². The summed E-state index contributed by atoms with van der Waals surface area (Å²) in [6.45, 7) is 4.89. The van der Waals surface area contributed by atoms with Crippen LogP contribution in [0.4, 0.5) is 0 Å². The number of halogens is 1. The van der Waals surface area contributed by atoms with Gasteiger partial charge >= 0.3 is 0 Å². The predicted octanol–water partition coefficient (Wildman–Crippen LogP) is 5.08. The second-order valence-corrected chi connectivity index (χ2v) is 6.89. The van der Waals surface area contributed by atoms with E-state index in [0.717, 1.165) is 0 Å². The number of aryl methyl sites for hydroxylation is 1. The van der Waals surface area contributed by atoms with Gasteiger partial charge in [-0.15, -0.1) is 0 Å². The Balaban J connectivity index is 2.23. The maximum atomic E-state index is 6.25. The van der Waals surface area contributed by atoms with Gasteiger partial charge in [0.15, 0.2) is 0 Å². The van der Waals surface area contributed by atoms with E-state index < -0.39 is 5.60 Å². The topological polar surface area (TPSA) is 14.2 Å². The number of fused-ring (bicyclic) bond motifs is 1. The molecule has 2 nitrogen and oxygen atoms in total. The minimum atomic E-state index is -0.444. The fourth-order valence-corrected chi connectivity index (χ4v) is 3.45. The molecule has 0 aliphatic rings. The molecule has 0 aliphatic heterocycles. The largest absolute Gasteiger partial charge is 0.366 e. The van der Waals surface area contributed by atoms with Gasteiger partial charge in [0, 0.05) is 39.9 Å². The van der Waals surface area contributed by atoms with Crippen molar-refractivity contribution in [1.82, 2.24) is 4.57 Å². The fourth-order valence-electron chi connectivity index (χ4n) is 3.10. The summed E-state index contributed by atoms with van der Waals surface area (Å²) in [5.74, 6) is 0.